The van der Waals surface area contributed by atoms with Crippen LogP contribution in [0.3, 0.4) is 0 Å². The number of aromatic nitrogens is 1. The van der Waals surface area contributed by atoms with Crippen molar-refractivity contribution in [2.75, 3.05) is 78.8 Å². The molecule has 15 atom stereocenters. The molecule has 4 fully saturated rings. The monoisotopic (exact) mass is 1120 g/mol. The molecular formula is C54H78Cl2N4O15S. The van der Waals surface area contributed by atoms with E-state index < -0.39 is 101 Å². The van der Waals surface area contributed by atoms with Crippen molar-refractivity contribution in [1.29, 1.82) is 0 Å². The molecule has 19 nitrogen and oxygen atoms in total. The molecule has 0 bridgehead atoms. The second kappa shape index (κ2) is 26.9. The van der Waals surface area contributed by atoms with Gasteiger partial charge in [0.1, 0.15) is 29.3 Å². The number of aliphatic hydroxyl groups is 1. The van der Waals surface area contributed by atoms with Crippen LogP contribution in [0.5, 0.6) is 11.5 Å². The van der Waals surface area contributed by atoms with E-state index in [2.05, 4.69) is 15.2 Å². The SMILES string of the molecule is CC[C@H]1OC(=O)[C@H](C)[C@@H](OC(=O)CCN2CCOCC2)[C@H](C)[C@@H](O[C@@H]2O[C@H](C)C[C@H](N(C)C)[C@H]2O)[C@](C)(OC)C[C@@H](C)C(=O)[C@H](C)[C@H]2[C@H](SCCOc3cc(C(=O)Nc4c(Cl)cncc4Cl)ccc3OC)C(=O)O[C@@]21C. The maximum Gasteiger partial charge on any atom is 0.320 e. The van der Waals surface area contributed by atoms with Gasteiger partial charge < -0.3 is 58.0 Å². The highest BCUT2D eigenvalue weighted by atomic mass is 35.5. The molecule has 76 heavy (non-hydrogen) atoms. The summed E-state index contributed by atoms with van der Waals surface area (Å²) >= 11 is 13.7. The number of nitrogens with zero attached hydrogens (tertiary/aromatic N) is 3. The highest BCUT2D eigenvalue weighted by Crippen LogP contribution is 2.49. The number of pyridine rings is 1. The number of hydrogen-bond acceptors (Lipinski definition) is 19. The van der Waals surface area contributed by atoms with E-state index in [1.165, 1.54) is 44.4 Å². The molecule has 0 unspecified atom stereocenters. The highest BCUT2D eigenvalue weighted by molar-refractivity contribution is 8.00. The molecule has 6 rings (SSSR count). The number of morpholine rings is 1. The Hall–Kier alpha value is -3.83. The van der Waals surface area contributed by atoms with Crippen molar-refractivity contribution in [3.05, 3.63) is 46.2 Å². The molecule has 1 aromatic heterocycles. The molecule has 1 amide bonds. The van der Waals surface area contributed by atoms with Crippen LogP contribution in [0.15, 0.2) is 30.6 Å². The third-order valence-electron chi connectivity index (χ3n) is 15.6. The quantitative estimate of drug-likeness (QED) is 0.0950. The fourth-order valence-electron chi connectivity index (χ4n) is 11.4. The Kier molecular flexibility index (Phi) is 21.7. The number of methoxy groups -OCH3 is 2. The van der Waals surface area contributed by atoms with E-state index in [1.807, 2.05) is 32.8 Å². The third kappa shape index (κ3) is 14.1. The van der Waals surface area contributed by atoms with E-state index in [4.69, 9.17) is 65.8 Å². The third-order valence-corrected chi connectivity index (χ3v) is 17.5. The summed E-state index contributed by atoms with van der Waals surface area (Å²) in [5, 5.41) is 13.9. The number of ether oxygens (including phenoxy) is 9. The van der Waals surface area contributed by atoms with Crippen LogP contribution in [0.2, 0.25) is 10.0 Å². The number of hydrogen-bond donors (Lipinski definition) is 2. The molecule has 2 N–H and O–H groups in total. The number of aliphatic hydroxyl groups excluding tert-OH is 1. The number of rotatable bonds is 17. The smallest absolute Gasteiger partial charge is 0.320 e. The second-order valence-electron chi connectivity index (χ2n) is 21.2. The van der Waals surface area contributed by atoms with Crippen LogP contribution >= 0.6 is 35.0 Å². The Morgan fingerprint density at radius 2 is 1.67 bits per heavy atom. The van der Waals surface area contributed by atoms with Crippen LogP contribution in [-0.2, 0) is 52.3 Å². The van der Waals surface area contributed by atoms with Gasteiger partial charge in [0.25, 0.3) is 5.91 Å². The number of anilines is 1. The van der Waals surface area contributed by atoms with Gasteiger partial charge in [0.2, 0.25) is 0 Å². The van der Waals surface area contributed by atoms with E-state index in [-0.39, 0.29) is 76.6 Å². The summed E-state index contributed by atoms with van der Waals surface area (Å²) in [6.45, 7) is 17.1. The lowest BCUT2D eigenvalue weighted by atomic mass is 9.70. The highest BCUT2D eigenvalue weighted by Gasteiger charge is 2.62. The average Bonchev–Trinajstić information content (AvgIpc) is 3.66. The number of cyclic esters (lactones) is 1. The molecular weight excluding hydrogens is 1050 g/mol. The van der Waals surface area contributed by atoms with Crippen LogP contribution in [-0.4, -0.2) is 182 Å². The van der Waals surface area contributed by atoms with Gasteiger partial charge in [-0.05, 0) is 79.3 Å². The van der Waals surface area contributed by atoms with E-state index in [9.17, 15) is 24.3 Å². The maximum atomic E-state index is 15.2. The number of halogens is 2. The molecule has 2 aromatic rings. The Labute approximate surface area is 461 Å². The van der Waals surface area contributed by atoms with Crippen LogP contribution in [0, 0.1) is 29.6 Å². The van der Waals surface area contributed by atoms with Gasteiger partial charge in [-0.3, -0.25) is 33.9 Å². The molecule has 4 aliphatic heterocycles. The fourth-order valence-corrected chi connectivity index (χ4v) is 13.1. The van der Waals surface area contributed by atoms with Crippen molar-refractivity contribution in [3.8, 4) is 11.5 Å². The summed E-state index contributed by atoms with van der Waals surface area (Å²) < 4.78 is 56.0. The largest absolute Gasteiger partial charge is 0.493 e. The summed E-state index contributed by atoms with van der Waals surface area (Å²) in [7, 11) is 6.71. The van der Waals surface area contributed by atoms with Crippen molar-refractivity contribution in [1.82, 2.24) is 14.8 Å². The minimum Gasteiger partial charge on any atom is -0.493 e. The average molecular weight is 1130 g/mol. The van der Waals surface area contributed by atoms with Crippen LogP contribution in [0.25, 0.3) is 0 Å². The van der Waals surface area contributed by atoms with Crippen LogP contribution in [0.1, 0.15) is 91.4 Å². The van der Waals surface area contributed by atoms with E-state index in [1.54, 1.807) is 53.7 Å². The number of benzene rings is 1. The zero-order valence-corrected chi connectivity index (χ0v) is 48.2. The second-order valence-corrected chi connectivity index (χ2v) is 23.2. The summed E-state index contributed by atoms with van der Waals surface area (Å²) in [5.41, 5.74) is -2.42. The number of ketones is 1. The van der Waals surface area contributed by atoms with Gasteiger partial charge in [-0.2, -0.15) is 0 Å². The number of fused-ring (bicyclic) bond motifs is 1. The van der Waals surface area contributed by atoms with Gasteiger partial charge in [-0.25, -0.2) is 0 Å². The molecule has 1 aromatic carbocycles. The van der Waals surface area contributed by atoms with Crippen LogP contribution < -0.4 is 14.8 Å². The predicted octanol–water partition coefficient (Wildman–Crippen LogP) is 6.75. The molecule has 4 saturated heterocycles. The molecule has 0 saturated carbocycles. The van der Waals surface area contributed by atoms with Gasteiger partial charge in [-0.15, -0.1) is 11.8 Å². The molecule has 22 heteroatoms. The first-order valence-electron chi connectivity index (χ1n) is 26.2. The topological polar surface area (TPSA) is 220 Å². The number of carbonyl (C=O) groups is 5. The number of likely N-dealkylation sites (N-methyl/N-ethyl adjacent to an activating group) is 1. The van der Waals surface area contributed by atoms with Crippen molar-refractivity contribution in [2.45, 2.75) is 140 Å². The van der Waals surface area contributed by atoms with Crippen LogP contribution in [0.4, 0.5) is 5.69 Å². The van der Waals surface area contributed by atoms with Gasteiger partial charge in [0.15, 0.2) is 23.4 Å². The lowest BCUT2D eigenvalue weighted by Crippen LogP contribution is -2.60. The van der Waals surface area contributed by atoms with Gasteiger partial charge in [0, 0.05) is 80.2 Å². The van der Waals surface area contributed by atoms with Crippen molar-refractivity contribution < 1.29 is 71.7 Å². The number of nitrogens with one attached hydrogen (secondary N) is 1. The Morgan fingerprint density at radius 1 is 0.987 bits per heavy atom. The summed E-state index contributed by atoms with van der Waals surface area (Å²) in [6.07, 6.45) is -2.30. The molecule has 424 valence electrons. The maximum absolute atomic E-state index is 15.2. The van der Waals surface area contributed by atoms with Gasteiger partial charge >= 0.3 is 17.9 Å². The molecule has 0 aliphatic carbocycles. The molecule has 0 radical (unpaired) electrons. The number of amides is 1. The Balaban J connectivity index is 1.31. The van der Waals surface area contributed by atoms with Gasteiger partial charge in [-0.1, -0.05) is 50.9 Å². The van der Waals surface area contributed by atoms with E-state index in [0.717, 1.165) is 0 Å². The molecule has 5 heterocycles. The first-order chi connectivity index (χ1) is 36.0. The summed E-state index contributed by atoms with van der Waals surface area (Å²) in [4.78, 5) is 79.7. The first kappa shape index (κ1) is 61.4. The van der Waals surface area contributed by atoms with Gasteiger partial charge in [0.05, 0.1) is 72.8 Å². The minimum atomic E-state index is -1.50. The number of esters is 3. The van der Waals surface area contributed by atoms with Crippen molar-refractivity contribution >= 4 is 70.2 Å². The normalized spacial score (nSPS) is 33.9. The molecule has 0 spiro atoms. The lowest BCUT2D eigenvalue weighted by Gasteiger charge is -2.48. The Bertz CT molecular complexity index is 2330. The van der Waals surface area contributed by atoms with E-state index in [0.29, 0.717) is 45.0 Å². The standard InChI is InChI=1S/C54H78Cl2N4O15S/c1-13-40-54(8)42(47(51(66)75-54)76-23-22-70-39-25-34(14-15-38(39)67-11)49(64)58-43-35(55)27-57-28-36(43)56)31(4)44(62)29(2)26-53(7,68-12)48(74-52-45(63)37(59(9)10)24-30(3)71-52)32(5)46(33(6)50(65)72-40)73-41(61)16-17-60-18-20-69-21-19-60/h14-15,25,27-33,37,40,42,45-48,52,63H,13,16-24,26H2,1-12H3,(H,57,58,64)/t29-,30-,31-,32+,33-,37+,40-,42+,45-,46+,47+,48-,52+,53-,54-/m1/s1. The number of carbonyl (C=O) groups excluding carboxylic acids is 5. The summed E-state index contributed by atoms with van der Waals surface area (Å²) in [5.74, 6) is -6.08. The summed E-state index contributed by atoms with van der Waals surface area (Å²) in [6, 6.07) is 4.32. The lowest BCUT2D eigenvalue weighted by molar-refractivity contribution is -0.301. The number of thioether (sulfide) groups is 1. The number of Topliss-reactive ketones (excluding diaryl/α,β-unsaturated/α-hetero) is 1. The predicted molar refractivity (Wildman–Crippen MR) is 286 cm³/mol. The molecule has 4 aliphatic rings. The first-order valence-corrected chi connectivity index (χ1v) is 28.0. The van der Waals surface area contributed by atoms with E-state index >= 15 is 4.79 Å². The Morgan fingerprint density at radius 3 is 2.30 bits per heavy atom. The fraction of sp³-hybridized carbons (Fsp3) is 0.704. The van der Waals surface area contributed by atoms with Crippen molar-refractivity contribution in [3.63, 3.8) is 0 Å². The minimum absolute atomic E-state index is 0.0286. The van der Waals surface area contributed by atoms with Crippen molar-refractivity contribution in [2.24, 2.45) is 29.6 Å². The zero-order valence-electron chi connectivity index (χ0n) is 45.8. The zero-order chi connectivity index (χ0) is 55.8.